The van der Waals surface area contributed by atoms with Crippen molar-refractivity contribution < 1.29 is 138 Å². The molecular formula is C72H131N3O28. The molecule has 27 atom stereocenters. The Hall–Kier alpha value is -2.85. The van der Waals surface area contributed by atoms with E-state index in [4.69, 9.17) is 47.4 Å². The third-order valence-electron chi connectivity index (χ3n) is 20.1. The standard InChI is InChI=1S/C72H131N3O28/c1-5-7-9-11-13-15-17-19-20-21-22-24-26-28-30-32-34-36-52(84)75-45(46(83)35-33-31-29-27-25-23-18-16-14-12-10-8-6-2)42-94-70-61(91)60(90)65(51(41-80)99-70)101-72-63(93)67(57(87)49(39-78)97-72)103-69-54(74-44(4)82)59(89)64(50(40-79)98-69)100-71-62(92)66(56(86)48(38-77)96-71)102-68-53(73-43(3)81)58(88)55(85)47(37-76)95-68/h33,35,45-51,53-72,76-80,83,85-93H,5-32,34,36-42H2,1-4H3,(H,73,81)(H,74,82)(H,75,84)/b35-33+/t45-,46+,47?,48?,49?,50?,51?,53?,54?,55-,56-,57-,58+,59+,60+,61?,62?,63?,64+,65+,66-,67-,68-,69-,70+,71-,72-/m0/s1. The van der Waals surface area contributed by atoms with Crippen molar-refractivity contribution in [3.63, 3.8) is 0 Å². The zero-order chi connectivity index (χ0) is 75.4. The Labute approximate surface area is 607 Å². The summed E-state index contributed by atoms with van der Waals surface area (Å²) in [6.45, 7) is 1.39. The molecule has 31 nitrogen and oxygen atoms in total. The summed E-state index contributed by atoms with van der Waals surface area (Å²) >= 11 is 0. The second-order valence-corrected chi connectivity index (χ2v) is 28.6. The van der Waals surface area contributed by atoms with Crippen molar-refractivity contribution in [2.75, 3.05) is 39.6 Å². The summed E-state index contributed by atoms with van der Waals surface area (Å²) in [5.74, 6) is -1.89. The van der Waals surface area contributed by atoms with Crippen molar-refractivity contribution in [1.29, 1.82) is 0 Å². The lowest BCUT2D eigenvalue weighted by Crippen LogP contribution is -2.70. The van der Waals surface area contributed by atoms with Crippen LogP contribution in [0.5, 0.6) is 0 Å². The highest BCUT2D eigenvalue weighted by Gasteiger charge is 2.57. The molecule has 0 bridgehead atoms. The highest BCUT2D eigenvalue weighted by Crippen LogP contribution is 2.37. The summed E-state index contributed by atoms with van der Waals surface area (Å²) in [6, 6.07) is -4.39. The molecule has 5 aliphatic heterocycles. The van der Waals surface area contributed by atoms with Crippen molar-refractivity contribution in [2.24, 2.45) is 0 Å². The number of nitrogens with one attached hydrogen (secondary N) is 3. The first kappa shape index (κ1) is 90.8. The number of aliphatic hydroxyl groups is 15. The predicted octanol–water partition coefficient (Wildman–Crippen LogP) is 0.532. The number of ether oxygens (including phenoxy) is 10. The van der Waals surface area contributed by atoms with E-state index in [1.54, 1.807) is 6.08 Å². The highest BCUT2D eigenvalue weighted by atomic mass is 16.8. The fraction of sp³-hybridized carbons (Fsp3) is 0.931. The van der Waals surface area contributed by atoms with Crippen LogP contribution in [0.4, 0.5) is 0 Å². The monoisotopic (exact) mass is 1490 g/mol. The summed E-state index contributed by atoms with van der Waals surface area (Å²) in [6.07, 6.45) is -6.54. The number of amides is 3. The van der Waals surface area contributed by atoms with E-state index in [2.05, 4.69) is 29.8 Å². The lowest BCUT2D eigenvalue weighted by molar-refractivity contribution is -0.385. The van der Waals surface area contributed by atoms with Gasteiger partial charge in [0.25, 0.3) is 0 Å². The summed E-state index contributed by atoms with van der Waals surface area (Å²) in [7, 11) is 0. The number of aliphatic hydroxyl groups excluding tert-OH is 15. The van der Waals surface area contributed by atoms with Crippen LogP contribution < -0.4 is 16.0 Å². The lowest BCUT2D eigenvalue weighted by atomic mass is 9.94. The van der Waals surface area contributed by atoms with E-state index in [0.29, 0.717) is 12.8 Å². The Balaban J connectivity index is 1.21. The smallest absolute Gasteiger partial charge is 0.220 e. The second-order valence-electron chi connectivity index (χ2n) is 28.6. The van der Waals surface area contributed by atoms with Gasteiger partial charge in [-0.25, -0.2) is 0 Å². The minimum atomic E-state index is -2.16. The van der Waals surface area contributed by atoms with Crippen LogP contribution >= 0.6 is 0 Å². The van der Waals surface area contributed by atoms with Crippen LogP contribution in [0.25, 0.3) is 0 Å². The van der Waals surface area contributed by atoms with Gasteiger partial charge in [-0.3, -0.25) is 14.4 Å². The molecule has 5 heterocycles. The van der Waals surface area contributed by atoms with E-state index in [0.717, 1.165) is 65.2 Å². The maximum absolute atomic E-state index is 13.5. The Morgan fingerprint density at radius 3 is 1.13 bits per heavy atom. The first-order valence-electron chi connectivity index (χ1n) is 38.5. The first-order valence-corrected chi connectivity index (χ1v) is 38.5. The number of allylic oxidation sites excluding steroid dienone is 1. The van der Waals surface area contributed by atoms with Crippen LogP contribution in [0.2, 0.25) is 0 Å². The molecule has 0 aromatic carbocycles. The molecule has 0 radical (unpaired) electrons. The van der Waals surface area contributed by atoms with E-state index >= 15 is 0 Å². The normalized spacial score (nSPS) is 34.9. The summed E-state index contributed by atoms with van der Waals surface area (Å²) in [5.41, 5.74) is 0. The van der Waals surface area contributed by atoms with Crippen molar-refractivity contribution in [3.05, 3.63) is 12.2 Å². The van der Waals surface area contributed by atoms with Crippen LogP contribution in [0.1, 0.15) is 220 Å². The van der Waals surface area contributed by atoms with Gasteiger partial charge in [-0.05, 0) is 19.3 Å². The number of rotatable bonds is 51. The van der Waals surface area contributed by atoms with Gasteiger partial charge in [0.05, 0.1) is 51.8 Å². The van der Waals surface area contributed by atoms with Gasteiger partial charge >= 0.3 is 0 Å². The van der Waals surface area contributed by atoms with Crippen molar-refractivity contribution in [3.8, 4) is 0 Å². The number of hydrogen-bond acceptors (Lipinski definition) is 28. The van der Waals surface area contributed by atoms with Gasteiger partial charge in [0.2, 0.25) is 17.7 Å². The highest BCUT2D eigenvalue weighted by molar-refractivity contribution is 5.76. The van der Waals surface area contributed by atoms with Crippen LogP contribution in [0.15, 0.2) is 12.2 Å². The van der Waals surface area contributed by atoms with Crippen molar-refractivity contribution >= 4 is 17.7 Å². The summed E-state index contributed by atoms with van der Waals surface area (Å²) in [4.78, 5) is 38.5. The molecule has 5 aliphatic rings. The molecule has 0 aromatic heterocycles. The third kappa shape index (κ3) is 29.5. The molecule has 5 rings (SSSR count). The van der Waals surface area contributed by atoms with Crippen molar-refractivity contribution in [2.45, 2.75) is 386 Å². The van der Waals surface area contributed by atoms with E-state index < -0.39 is 217 Å². The van der Waals surface area contributed by atoms with Gasteiger partial charge in [-0.15, -0.1) is 0 Å². The molecule has 10 unspecified atom stereocenters. The SMILES string of the molecule is CCCCCCCCCCCCC/C=C/[C@@H](O)[C@H](CO[C@@H]1OC(CO)[C@@H](O[C@@H]2OC(CO)[C@H](O)[C@H](O[C@@H]3OC(CO)[C@@H](O[C@@H]4OC(CO)[C@H](O)[C@H](O[C@@H]5OC(CO)[C@H](O)[C@H](O)C5NC(C)=O)C4O)[C@H](O)C3NC(C)=O)C2O)[C@H](O)C1O)NC(=O)CCCCCCCCCCCCCCCCCCC. The van der Waals surface area contributed by atoms with Crippen LogP contribution in [0.3, 0.4) is 0 Å². The predicted molar refractivity (Wildman–Crippen MR) is 370 cm³/mol. The maximum atomic E-state index is 13.5. The van der Waals surface area contributed by atoms with Crippen LogP contribution in [-0.2, 0) is 61.8 Å². The topological polar surface area (TPSA) is 483 Å². The largest absolute Gasteiger partial charge is 0.394 e. The molecule has 0 aliphatic carbocycles. The van der Waals surface area contributed by atoms with Gasteiger partial charge in [0.15, 0.2) is 31.5 Å². The molecule has 5 fully saturated rings. The van der Waals surface area contributed by atoms with Crippen molar-refractivity contribution in [1.82, 2.24) is 16.0 Å². The van der Waals surface area contributed by atoms with Gasteiger partial charge in [-0.1, -0.05) is 193 Å². The third-order valence-corrected chi connectivity index (χ3v) is 20.1. The van der Waals surface area contributed by atoms with Crippen LogP contribution in [0, 0.1) is 0 Å². The van der Waals surface area contributed by atoms with Crippen LogP contribution in [-0.4, -0.2) is 300 Å². The molecule has 602 valence electrons. The quantitative estimate of drug-likeness (QED) is 0.0292. The van der Waals surface area contributed by atoms with Gasteiger partial charge < -0.3 is 140 Å². The second kappa shape index (κ2) is 50.0. The molecule has 0 saturated carbocycles. The molecule has 0 spiro atoms. The lowest BCUT2D eigenvalue weighted by Gasteiger charge is -2.50. The Kier molecular flexibility index (Phi) is 44.1. The fourth-order valence-electron chi connectivity index (χ4n) is 14.0. The Bertz CT molecular complexity index is 2310. The fourth-order valence-corrected chi connectivity index (χ4v) is 14.0. The van der Waals surface area contributed by atoms with E-state index in [9.17, 15) is 91.0 Å². The molecule has 0 aromatic rings. The van der Waals surface area contributed by atoms with Gasteiger partial charge in [-0.2, -0.15) is 0 Å². The Morgan fingerprint density at radius 1 is 0.379 bits per heavy atom. The van der Waals surface area contributed by atoms with Gasteiger partial charge in [0.1, 0.15) is 122 Å². The first-order chi connectivity index (χ1) is 49.6. The average molecular weight is 1490 g/mol. The zero-order valence-electron chi connectivity index (χ0n) is 61.2. The maximum Gasteiger partial charge on any atom is 0.220 e. The summed E-state index contributed by atoms with van der Waals surface area (Å²) < 4.78 is 59.0. The van der Waals surface area contributed by atoms with E-state index in [1.165, 1.54) is 122 Å². The molecule has 103 heavy (non-hydrogen) atoms. The number of carbonyl (C=O) groups is 3. The number of unbranched alkanes of at least 4 members (excludes halogenated alkanes) is 27. The molecule has 5 saturated heterocycles. The molecule has 31 heteroatoms. The summed E-state index contributed by atoms with van der Waals surface area (Å²) in [5, 5.41) is 174. The number of carbonyl (C=O) groups excluding carboxylic acids is 3. The number of hydrogen-bond donors (Lipinski definition) is 18. The average Bonchev–Trinajstić information content (AvgIpc) is 0.774. The van der Waals surface area contributed by atoms with E-state index in [-0.39, 0.29) is 12.3 Å². The zero-order valence-corrected chi connectivity index (χ0v) is 61.2. The molecule has 18 N–H and O–H groups in total. The minimum Gasteiger partial charge on any atom is -0.394 e. The molecule has 3 amide bonds. The Morgan fingerprint density at radius 2 is 0.718 bits per heavy atom. The van der Waals surface area contributed by atoms with Gasteiger partial charge in [0, 0.05) is 20.3 Å². The minimum absolute atomic E-state index is 0.191. The van der Waals surface area contributed by atoms with E-state index in [1.807, 2.05) is 6.08 Å². The molecular weight excluding hydrogens is 1350 g/mol.